The molecule has 0 atom stereocenters. The molecule has 0 fully saturated rings. The lowest BCUT2D eigenvalue weighted by molar-refractivity contribution is 0.432. The smallest absolute Gasteiger partial charge is 0.244 e. The molecular weight excluding hydrogens is 308 g/mol. The van der Waals surface area contributed by atoms with E-state index < -0.39 is 10.0 Å². The molecule has 1 aliphatic rings. The minimum Gasteiger partial charge on any atom is -0.399 e. The first-order valence-electron chi connectivity index (χ1n) is 7.41. The molecule has 0 saturated carbocycles. The highest BCUT2D eigenvalue weighted by molar-refractivity contribution is 7.89. The number of fused-ring (bicyclic) bond motifs is 2. The zero-order valence-electron chi connectivity index (χ0n) is 12.4. The van der Waals surface area contributed by atoms with E-state index in [-0.39, 0.29) is 0 Å². The number of nitrogens with zero attached hydrogens (tertiary/aromatic N) is 1. The molecule has 0 amide bonds. The van der Waals surface area contributed by atoms with Crippen molar-refractivity contribution < 1.29 is 8.42 Å². The number of anilines is 1. The summed E-state index contributed by atoms with van der Waals surface area (Å²) in [7, 11) is -3.55. The maximum Gasteiger partial charge on any atom is 0.244 e. The molecule has 0 unspecified atom stereocenters. The van der Waals surface area contributed by atoms with E-state index >= 15 is 0 Å². The van der Waals surface area contributed by atoms with Gasteiger partial charge in [-0.1, -0.05) is 42.5 Å². The van der Waals surface area contributed by atoms with Crippen LogP contribution in [0.2, 0.25) is 0 Å². The third kappa shape index (κ3) is 2.29. The van der Waals surface area contributed by atoms with Crippen LogP contribution in [0.1, 0.15) is 11.1 Å². The number of hydrogen-bond donors (Lipinski definition) is 1. The zero-order valence-corrected chi connectivity index (χ0v) is 13.3. The van der Waals surface area contributed by atoms with Crippen molar-refractivity contribution in [2.24, 2.45) is 0 Å². The molecule has 3 aromatic rings. The fourth-order valence-electron chi connectivity index (χ4n) is 3.11. The predicted octanol–water partition coefficient (Wildman–Crippen LogP) is 3.13. The second kappa shape index (κ2) is 5.08. The first-order valence-corrected chi connectivity index (χ1v) is 8.85. The number of hydrogen-bond acceptors (Lipinski definition) is 3. The van der Waals surface area contributed by atoms with Crippen molar-refractivity contribution in [3.05, 3.63) is 71.8 Å². The van der Waals surface area contributed by atoms with Gasteiger partial charge in [0.2, 0.25) is 10.0 Å². The highest BCUT2D eigenvalue weighted by Crippen LogP contribution is 2.32. The Morgan fingerprint density at radius 2 is 1.57 bits per heavy atom. The van der Waals surface area contributed by atoms with Gasteiger partial charge in [0.1, 0.15) is 0 Å². The molecule has 1 heterocycles. The average Bonchev–Trinajstić information content (AvgIpc) is 2.99. The van der Waals surface area contributed by atoms with Crippen LogP contribution in [0.3, 0.4) is 0 Å². The molecular formula is C18H16N2O2S. The highest BCUT2D eigenvalue weighted by Gasteiger charge is 2.31. The van der Waals surface area contributed by atoms with E-state index in [1.807, 2.05) is 30.3 Å². The van der Waals surface area contributed by atoms with E-state index in [9.17, 15) is 8.42 Å². The van der Waals surface area contributed by atoms with Crippen LogP contribution >= 0.6 is 0 Å². The number of nitrogens with two attached hydrogens (primary N) is 1. The van der Waals surface area contributed by atoms with Crippen molar-refractivity contribution in [2.45, 2.75) is 18.0 Å². The molecule has 5 heteroatoms. The SMILES string of the molecule is Nc1ccc2c(S(=O)(=O)N3Cc4ccccc4C3)cccc2c1. The van der Waals surface area contributed by atoms with E-state index in [1.165, 1.54) is 4.31 Å². The standard InChI is InChI=1S/C18H16N2O2S/c19-16-8-9-17-13(10-16)6-3-7-18(17)23(21,22)20-11-14-4-1-2-5-15(14)12-20/h1-10H,11-12,19H2. The van der Waals surface area contributed by atoms with Gasteiger partial charge in [-0.05, 0) is 34.7 Å². The van der Waals surface area contributed by atoms with Crippen molar-refractivity contribution in [1.82, 2.24) is 4.31 Å². The molecule has 0 saturated heterocycles. The Labute approximate surface area is 135 Å². The highest BCUT2D eigenvalue weighted by atomic mass is 32.2. The lowest BCUT2D eigenvalue weighted by Crippen LogP contribution is -2.25. The second-order valence-corrected chi connectivity index (χ2v) is 7.68. The molecule has 0 aromatic heterocycles. The Morgan fingerprint density at radius 1 is 0.870 bits per heavy atom. The Kier molecular flexibility index (Phi) is 3.14. The van der Waals surface area contributed by atoms with Gasteiger partial charge in [0.25, 0.3) is 0 Å². The van der Waals surface area contributed by atoms with Gasteiger partial charge < -0.3 is 5.73 Å². The van der Waals surface area contributed by atoms with Crippen LogP contribution in [0, 0.1) is 0 Å². The number of rotatable bonds is 2. The molecule has 0 bridgehead atoms. The van der Waals surface area contributed by atoms with Gasteiger partial charge in [0.15, 0.2) is 0 Å². The fourth-order valence-corrected chi connectivity index (χ4v) is 4.72. The normalized spacial score (nSPS) is 15.0. The van der Waals surface area contributed by atoms with E-state index in [0.29, 0.717) is 29.1 Å². The van der Waals surface area contributed by atoms with Crippen LogP contribution < -0.4 is 5.73 Å². The average molecular weight is 324 g/mol. The summed E-state index contributed by atoms with van der Waals surface area (Å²) in [5, 5.41) is 1.54. The Balaban J connectivity index is 1.82. The van der Waals surface area contributed by atoms with Crippen molar-refractivity contribution in [3.63, 3.8) is 0 Å². The molecule has 0 spiro atoms. The second-order valence-electron chi connectivity index (χ2n) is 5.78. The molecule has 4 rings (SSSR count). The lowest BCUT2D eigenvalue weighted by atomic mass is 10.1. The predicted molar refractivity (Wildman–Crippen MR) is 91.2 cm³/mol. The Bertz CT molecular complexity index is 987. The Morgan fingerprint density at radius 3 is 2.26 bits per heavy atom. The molecule has 2 N–H and O–H groups in total. The molecule has 1 aliphatic heterocycles. The summed E-state index contributed by atoms with van der Waals surface area (Å²) >= 11 is 0. The molecule has 4 nitrogen and oxygen atoms in total. The van der Waals surface area contributed by atoms with E-state index in [4.69, 9.17) is 5.73 Å². The van der Waals surface area contributed by atoms with Crippen molar-refractivity contribution in [2.75, 3.05) is 5.73 Å². The molecule has 23 heavy (non-hydrogen) atoms. The number of sulfonamides is 1. The van der Waals surface area contributed by atoms with Gasteiger partial charge in [0.05, 0.1) is 4.90 Å². The van der Waals surface area contributed by atoms with Crippen molar-refractivity contribution >= 4 is 26.5 Å². The summed E-state index contributed by atoms with van der Waals surface area (Å²) in [6, 6.07) is 18.5. The van der Waals surface area contributed by atoms with Gasteiger partial charge in [-0.3, -0.25) is 0 Å². The lowest BCUT2D eigenvalue weighted by Gasteiger charge is -2.17. The first-order chi connectivity index (χ1) is 11.1. The van der Waals surface area contributed by atoms with Gasteiger partial charge in [-0.15, -0.1) is 0 Å². The van der Waals surface area contributed by atoms with Gasteiger partial charge in [0, 0.05) is 24.2 Å². The number of nitrogen functional groups attached to an aromatic ring is 1. The van der Waals surface area contributed by atoms with Crippen molar-refractivity contribution in [1.29, 1.82) is 0 Å². The van der Waals surface area contributed by atoms with Gasteiger partial charge in [-0.2, -0.15) is 4.31 Å². The molecule has 3 aromatic carbocycles. The molecule has 0 aliphatic carbocycles. The third-order valence-corrected chi connectivity index (χ3v) is 6.14. The third-order valence-electron chi connectivity index (χ3n) is 4.29. The van der Waals surface area contributed by atoms with E-state index in [2.05, 4.69) is 0 Å². The molecule has 116 valence electrons. The van der Waals surface area contributed by atoms with Crippen LogP contribution in [0.25, 0.3) is 10.8 Å². The quantitative estimate of drug-likeness (QED) is 0.737. The summed E-state index contributed by atoms with van der Waals surface area (Å²) < 4.78 is 27.7. The van der Waals surface area contributed by atoms with E-state index in [0.717, 1.165) is 16.5 Å². The minimum atomic E-state index is -3.55. The maximum absolute atomic E-state index is 13.1. The zero-order chi connectivity index (χ0) is 16.0. The van der Waals surface area contributed by atoms with Crippen LogP contribution in [-0.4, -0.2) is 12.7 Å². The van der Waals surface area contributed by atoms with Crippen LogP contribution in [-0.2, 0) is 23.1 Å². The topological polar surface area (TPSA) is 63.4 Å². The van der Waals surface area contributed by atoms with E-state index in [1.54, 1.807) is 30.3 Å². The first kappa shape index (κ1) is 14.2. The van der Waals surface area contributed by atoms with Crippen molar-refractivity contribution in [3.8, 4) is 0 Å². The summed E-state index contributed by atoms with van der Waals surface area (Å²) in [6.45, 7) is 0.841. The summed E-state index contributed by atoms with van der Waals surface area (Å²) in [5.41, 5.74) is 8.57. The summed E-state index contributed by atoms with van der Waals surface area (Å²) in [5.74, 6) is 0. The monoisotopic (exact) mass is 324 g/mol. The maximum atomic E-state index is 13.1. The Hall–Kier alpha value is -2.37. The van der Waals surface area contributed by atoms with Gasteiger partial charge >= 0.3 is 0 Å². The van der Waals surface area contributed by atoms with Gasteiger partial charge in [-0.25, -0.2) is 8.42 Å². The summed E-state index contributed by atoms with van der Waals surface area (Å²) in [4.78, 5) is 0.336. The van der Waals surface area contributed by atoms with Crippen LogP contribution in [0.5, 0.6) is 0 Å². The molecule has 0 radical (unpaired) electrons. The largest absolute Gasteiger partial charge is 0.399 e. The van der Waals surface area contributed by atoms with Crippen LogP contribution in [0.4, 0.5) is 5.69 Å². The number of benzene rings is 3. The minimum absolute atomic E-state index is 0.336. The van der Waals surface area contributed by atoms with Crippen LogP contribution in [0.15, 0.2) is 65.6 Å². The fraction of sp³-hybridized carbons (Fsp3) is 0.111. The summed E-state index contributed by atoms with van der Waals surface area (Å²) in [6.07, 6.45) is 0.